The van der Waals surface area contributed by atoms with Crippen molar-refractivity contribution in [1.82, 2.24) is 0 Å². The molecule has 3 heteroatoms. The van der Waals surface area contributed by atoms with Gasteiger partial charge in [0.1, 0.15) is 6.42 Å². The standard InChI is InChI=1S/C11H10O2S/c12-11(13)8-4-5-9-14-10-6-2-1-3-7-10/h1-3,6-7H,8-9H2,(H,12,13). The third kappa shape index (κ3) is 4.58. The molecule has 0 amide bonds. The fourth-order valence-electron chi connectivity index (χ4n) is 0.825. The van der Waals surface area contributed by atoms with E-state index in [0.29, 0.717) is 5.75 Å². The van der Waals surface area contributed by atoms with E-state index in [1.54, 1.807) is 11.8 Å². The van der Waals surface area contributed by atoms with Crippen LogP contribution in [0.5, 0.6) is 0 Å². The molecule has 0 saturated carbocycles. The van der Waals surface area contributed by atoms with Crippen LogP contribution in [0.25, 0.3) is 0 Å². The lowest BCUT2D eigenvalue weighted by Crippen LogP contribution is -1.90. The number of carboxylic acid groups (broad SMARTS) is 1. The molecule has 0 aliphatic heterocycles. The molecular weight excluding hydrogens is 196 g/mol. The Morgan fingerprint density at radius 3 is 2.64 bits per heavy atom. The zero-order chi connectivity index (χ0) is 10.2. The fourth-order valence-corrected chi connectivity index (χ4v) is 1.52. The van der Waals surface area contributed by atoms with Crippen molar-refractivity contribution in [2.45, 2.75) is 11.3 Å². The predicted molar refractivity (Wildman–Crippen MR) is 57.2 cm³/mol. The van der Waals surface area contributed by atoms with Crippen LogP contribution in [0.4, 0.5) is 0 Å². The highest BCUT2D eigenvalue weighted by Gasteiger charge is 1.90. The molecule has 0 aliphatic carbocycles. The number of hydrogen-bond donors (Lipinski definition) is 1. The molecule has 0 atom stereocenters. The summed E-state index contributed by atoms with van der Waals surface area (Å²) >= 11 is 1.61. The largest absolute Gasteiger partial charge is 0.481 e. The topological polar surface area (TPSA) is 37.3 Å². The van der Waals surface area contributed by atoms with Gasteiger partial charge in [-0.25, -0.2) is 0 Å². The summed E-state index contributed by atoms with van der Waals surface area (Å²) in [6, 6.07) is 9.90. The molecular formula is C11H10O2S. The lowest BCUT2D eigenvalue weighted by Gasteiger charge is -1.93. The van der Waals surface area contributed by atoms with E-state index in [-0.39, 0.29) is 6.42 Å². The summed E-state index contributed by atoms with van der Waals surface area (Å²) in [5.41, 5.74) is 0. The molecule has 0 spiro atoms. The minimum absolute atomic E-state index is 0.0741. The minimum atomic E-state index is -0.873. The Hall–Kier alpha value is -1.40. The maximum absolute atomic E-state index is 10.1. The van der Waals surface area contributed by atoms with Gasteiger partial charge in [-0.05, 0) is 12.1 Å². The Labute approximate surface area is 87.3 Å². The number of rotatable bonds is 3. The number of thioether (sulfide) groups is 1. The molecule has 14 heavy (non-hydrogen) atoms. The fraction of sp³-hybridized carbons (Fsp3) is 0.182. The first kappa shape index (κ1) is 10.7. The summed E-state index contributed by atoms with van der Waals surface area (Å²) in [5.74, 6) is 5.15. The molecule has 0 fully saturated rings. The second kappa shape index (κ2) is 6.11. The molecule has 0 saturated heterocycles. The second-order valence-corrected chi connectivity index (χ2v) is 3.57. The molecule has 0 radical (unpaired) electrons. The minimum Gasteiger partial charge on any atom is -0.481 e. The van der Waals surface area contributed by atoms with E-state index in [9.17, 15) is 4.79 Å². The van der Waals surface area contributed by atoms with Gasteiger partial charge < -0.3 is 5.11 Å². The van der Waals surface area contributed by atoms with Gasteiger partial charge in [0.05, 0.1) is 5.75 Å². The van der Waals surface area contributed by atoms with Gasteiger partial charge in [-0.3, -0.25) is 4.79 Å². The van der Waals surface area contributed by atoms with E-state index in [1.807, 2.05) is 30.3 Å². The van der Waals surface area contributed by atoms with Crippen LogP contribution >= 0.6 is 11.8 Å². The third-order valence-electron chi connectivity index (χ3n) is 1.42. The average molecular weight is 206 g/mol. The molecule has 1 N–H and O–H groups in total. The van der Waals surface area contributed by atoms with Crippen LogP contribution in [0.3, 0.4) is 0 Å². The van der Waals surface area contributed by atoms with E-state index < -0.39 is 5.97 Å². The smallest absolute Gasteiger partial charge is 0.315 e. The second-order valence-electron chi connectivity index (χ2n) is 2.53. The van der Waals surface area contributed by atoms with Gasteiger partial charge in [0, 0.05) is 4.90 Å². The summed E-state index contributed by atoms with van der Waals surface area (Å²) in [6.07, 6.45) is -0.0741. The maximum atomic E-state index is 10.1. The zero-order valence-electron chi connectivity index (χ0n) is 7.56. The Morgan fingerprint density at radius 2 is 2.00 bits per heavy atom. The SMILES string of the molecule is O=C(O)CC#CCSc1ccccc1. The van der Waals surface area contributed by atoms with Crippen molar-refractivity contribution in [3.8, 4) is 11.8 Å². The molecule has 0 aliphatic rings. The van der Waals surface area contributed by atoms with Crippen LogP contribution in [-0.2, 0) is 4.79 Å². The molecule has 0 unspecified atom stereocenters. The van der Waals surface area contributed by atoms with Gasteiger partial charge in [0.25, 0.3) is 0 Å². The molecule has 0 aromatic heterocycles. The molecule has 1 aromatic carbocycles. The van der Waals surface area contributed by atoms with Crippen molar-refractivity contribution >= 4 is 17.7 Å². The first-order valence-corrected chi connectivity index (χ1v) is 5.13. The summed E-state index contributed by atoms with van der Waals surface area (Å²) in [6.45, 7) is 0. The lowest BCUT2D eigenvalue weighted by atomic mass is 10.4. The lowest BCUT2D eigenvalue weighted by molar-refractivity contribution is -0.135. The van der Waals surface area contributed by atoms with Crippen LogP contribution < -0.4 is 0 Å². The Balaban J connectivity index is 2.27. The highest BCUT2D eigenvalue weighted by atomic mass is 32.2. The summed E-state index contributed by atoms with van der Waals surface area (Å²) in [7, 11) is 0. The van der Waals surface area contributed by atoms with Crippen molar-refractivity contribution in [3.63, 3.8) is 0 Å². The van der Waals surface area contributed by atoms with Crippen LogP contribution in [0.15, 0.2) is 35.2 Å². The van der Waals surface area contributed by atoms with Gasteiger partial charge in [-0.2, -0.15) is 0 Å². The van der Waals surface area contributed by atoms with Crippen molar-refractivity contribution in [1.29, 1.82) is 0 Å². The normalized spacial score (nSPS) is 8.86. The molecule has 72 valence electrons. The number of hydrogen-bond acceptors (Lipinski definition) is 2. The molecule has 1 rings (SSSR count). The van der Waals surface area contributed by atoms with Crippen molar-refractivity contribution < 1.29 is 9.90 Å². The first-order chi connectivity index (χ1) is 6.79. The van der Waals surface area contributed by atoms with Gasteiger partial charge in [-0.15, -0.1) is 11.8 Å². The Morgan fingerprint density at radius 1 is 1.29 bits per heavy atom. The monoisotopic (exact) mass is 206 g/mol. The van der Waals surface area contributed by atoms with Crippen molar-refractivity contribution in [3.05, 3.63) is 30.3 Å². The van der Waals surface area contributed by atoms with E-state index in [1.165, 1.54) is 0 Å². The number of carboxylic acids is 1. The van der Waals surface area contributed by atoms with Crippen LogP contribution in [0, 0.1) is 11.8 Å². The van der Waals surface area contributed by atoms with E-state index in [4.69, 9.17) is 5.11 Å². The van der Waals surface area contributed by atoms with Crippen molar-refractivity contribution in [2.75, 3.05) is 5.75 Å². The van der Waals surface area contributed by atoms with E-state index in [2.05, 4.69) is 11.8 Å². The van der Waals surface area contributed by atoms with Crippen LogP contribution in [0.2, 0.25) is 0 Å². The Kier molecular flexibility index (Phi) is 4.66. The van der Waals surface area contributed by atoms with Crippen LogP contribution in [-0.4, -0.2) is 16.8 Å². The number of carbonyl (C=O) groups is 1. The number of aliphatic carboxylic acids is 1. The van der Waals surface area contributed by atoms with Crippen LogP contribution in [0.1, 0.15) is 6.42 Å². The average Bonchev–Trinajstić information content (AvgIpc) is 2.18. The van der Waals surface area contributed by atoms with Crippen molar-refractivity contribution in [2.24, 2.45) is 0 Å². The van der Waals surface area contributed by atoms with E-state index >= 15 is 0 Å². The first-order valence-electron chi connectivity index (χ1n) is 4.14. The molecule has 1 aromatic rings. The highest BCUT2D eigenvalue weighted by molar-refractivity contribution is 7.99. The summed E-state index contributed by atoms with van der Waals surface area (Å²) in [5, 5.41) is 8.32. The maximum Gasteiger partial charge on any atom is 0.315 e. The van der Waals surface area contributed by atoms with Gasteiger partial charge in [0.2, 0.25) is 0 Å². The highest BCUT2D eigenvalue weighted by Crippen LogP contribution is 2.15. The summed E-state index contributed by atoms with van der Waals surface area (Å²) in [4.78, 5) is 11.3. The molecule has 0 bridgehead atoms. The van der Waals surface area contributed by atoms with Gasteiger partial charge in [-0.1, -0.05) is 30.0 Å². The number of benzene rings is 1. The molecule has 2 nitrogen and oxygen atoms in total. The van der Waals surface area contributed by atoms with E-state index in [0.717, 1.165) is 4.90 Å². The summed E-state index contributed by atoms with van der Waals surface area (Å²) < 4.78 is 0. The Bertz CT molecular complexity index is 349. The van der Waals surface area contributed by atoms with Gasteiger partial charge in [0.15, 0.2) is 0 Å². The zero-order valence-corrected chi connectivity index (χ0v) is 8.38. The molecule has 0 heterocycles. The van der Waals surface area contributed by atoms with Gasteiger partial charge >= 0.3 is 5.97 Å². The third-order valence-corrected chi connectivity index (χ3v) is 2.31. The quantitative estimate of drug-likeness (QED) is 0.609. The predicted octanol–water partition coefficient (Wildman–Crippen LogP) is 2.26.